The average Bonchev–Trinajstić information content (AvgIpc) is 3.22. The molecule has 1 fully saturated rings. The van der Waals surface area contributed by atoms with Crippen molar-refractivity contribution in [3.63, 3.8) is 0 Å². The van der Waals surface area contributed by atoms with E-state index in [-0.39, 0.29) is 23.6 Å². The molecule has 1 saturated heterocycles. The summed E-state index contributed by atoms with van der Waals surface area (Å²) in [7, 11) is 0. The van der Waals surface area contributed by atoms with Crippen LogP contribution in [0.4, 0.5) is 5.82 Å². The number of nitrogens with zero attached hydrogens (tertiary/aromatic N) is 4. The van der Waals surface area contributed by atoms with Crippen molar-refractivity contribution in [2.24, 2.45) is 0 Å². The molecule has 1 aliphatic rings. The second kappa shape index (κ2) is 9.67. The number of thioether (sulfide) groups is 1. The van der Waals surface area contributed by atoms with Crippen LogP contribution in [0.2, 0.25) is 0 Å². The Bertz CT molecular complexity index is 1190. The monoisotopic (exact) mass is 445 g/mol. The molecule has 160 valence electrons. The minimum Gasteiger partial charge on any atom is -0.485 e. The molecular formula is C23H19N5O3S. The Labute approximate surface area is 189 Å². The fourth-order valence-corrected chi connectivity index (χ4v) is 4.27. The number of anilines is 1. The number of ether oxygens (including phenoxy) is 2. The average molecular weight is 446 g/mol. The molecule has 0 unspecified atom stereocenters. The number of pyridine rings is 2. The molecule has 4 rings (SSSR count). The summed E-state index contributed by atoms with van der Waals surface area (Å²) in [5.41, 5.74) is 8.59. The number of aliphatic hydroxyl groups is 1. The van der Waals surface area contributed by atoms with Gasteiger partial charge in [-0.25, -0.2) is 4.98 Å². The zero-order chi connectivity index (χ0) is 22.5. The van der Waals surface area contributed by atoms with Crippen LogP contribution in [0.5, 0.6) is 5.75 Å². The Morgan fingerprint density at radius 1 is 1.16 bits per heavy atom. The summed E-state index contributed by atoms with van der Waals surface area (Å²) in [6.45, 7) is 0.564. The van der Waals surface area contributed by atoms with Crippen molar-refractivity contribution in [2.45, 2.75) is 23.0 Å². The van der Waals surface area contributed by atoms with Gasteiger partial charge in [0, 0.05) is 23.7 Å². The minimum atomic E-state index is -0.676. The number of hydrogen-bond donors (Lipinski definition) is 2. The predicted octanol–water partition coefficient (Wildman–Crippen LogP) is 2.90. The molecule has 1 aromatic carbocycles. The number of aliphatic hydroxyl groups excluding tert-OH is 1. The molecule has 9 heteroatoms. The highest BCUT2D eigenvalue weighted by Gasteiger charge is 2.28. The van der Waals surface area contributed by atoms with E-state index >= 15 is 0 Å². The molecule has 0 saturated carbocycles. The summed E-state index contributed by atoms with van der Waals surface area (Å²) in [5, 5.41) is 29.9. The molecule has 0 radical (unpaired) electrons. The van der Waals surface area contributed by atoms with Gasteiger partial charge in [-0.15, -0.1) is 11.8 Å². The third-order valence-corrected chi connectivity index (χ3v) is 5.99. The number of nitriles is 2. The summed E-state index contributed by atoms with van der Waals surface area (Å²) >= 11 is 1.36. The van der Waals surface area contributed by atoms with Crippen molar-refractivity contribution in [3.05, 3.63) is 65.5 Å². The molecule has 0 amide bonds. The standard InChI is InChI=1S/C23H19N5O3S/c24-8-17-21(15-3-5-16(6-4-15)31-20-12-30-11-19(20)29)18(9-25)23(28-22(17)26)32-13-14-2-1-7-27-10-14/h1-7,10,19-20,29H,11-13H2,(H2,26,28)/t19-,20-/m0/s1. The van der Waals surface area contributed by atoms with E-state index in [4.69, 9.17) is 15.2 Å². The first kappa shape index (κ1) is 21.6. The Morgan fingerprint density at radius 2 is 1.94 bits per heavy atom. The maximum atomic E-state index is 9.91. The number of nitrogens with two attached hydrogens (primary N) is 1. The summed E-state index contributed by atoms with van der Waals surface area (Å²) in [4.78, 5) is 8.42. The smallest absolute Gasteiger partial charge is 0.150 e. The number of aromatic nitrogens is 2. The molecule has 0 aliphatic carbocycles. The highest BCUT2D eigenvalue weighted by Crippen LogP contribution is 2.37. The van der Waals surface area contributed by atoms with Gasteiger partial charge in [0.05, 0.1) is 18.8 Å². The van der Waals surface area contributed by atoms with Gasteiger partial charge in [0.15, 0.2) is 0 Å². The van der Waals surface area contributed by atoms with E-state index in [0.717, 1.165) is 5.56 Å². The van der Waals surface area contributed by atoms with E-state index in [1.165, 1.54) is 11.8 Å². The number of rotatable bonds is 6. The van der Waals surface area contributed by atoms with Crippen LogP contribution in [0, 0.1) is 22.7 Å². The van der Waals surface area contributed by atoms with Crippen LogP contribution in [0.3, 0.4) is 0 Å². The Balaban J connectivity index is 1.67. The normalized spacial score (nSPS) is 17.5. The van der Waals surface area contributed by atoms with Gasteiger partial charge in [0.1, 0.15) is 46.5 Å². The van der Waals surface area contributed by atoms with Crippen LogP contribution in [-0.4, -0.2) is 40.5 Å². The van der Waals surface area contributed by atoms with Gasteiger partial charge in [0.2, 0.25) is 0 Å². The highest BCUT2D eigenvalue weighted by molar-refractivity contribution is 7.98. The molecule has 3 aromatic rings. The largest absolute Gasteiger partial charge is 0.485 e. The maximum Gasteiger partial charge on any atom is 0.150 e. The fourth-order valence-electron chi connectivity index (χ4n) is 3.34. The Hall–Kier alpha value is -3.63. The van der Waals surface area contributed by atoms with E-state index in [1.54, 1.807) is 36.7 Å². The molecule has 8 nitrogen and oxygen atoms in total. The maximum absolute atomic E-state index is 9.91. The Kier molecular flexibility index (Phi) is 6.52. The third kappa shape index (κ3) is 4.51. The molecule has 3 heterocycles. The van der Waals surface area contributed by atoms with E-state index in [0.29, 0.717) is 34.3 Å². The van der Waals surface area contributed by atoms with Crippen LogP contribution < -0.4 is 10.5 Å². The SMILES string of the molecule is N#Cc1c(N)nc(SCc2cccnc2)c(C#N)c1-c1ccc(O[C@H]2COC[C@@H]2O)cc1. The van der Waals surface area contributed by atoms with Gasteiger partial charge in [0.25, 0.3) is 0 Å². The number of benzene rings is 1. The first-order valence-corrected chi connectivity index (χ1v) is 10.8. The summed E-state index contributed by atoms with van der Waals surface area (Å²) in [6.07, 6.45) is 2.33. The van der Waals surface area contributed by atoms with Gasteiger partial charge >= 0.3 is 0 Å². The number of hydrogen-bond acceptors (Lipinski definition) is 9. The van der Waals surface area contributed by atoms with E-state index < -0.39 is 12.2 Å². The quantitative estimate of drug-likeness (QED) is 0.548. The van der Waals surface area contributed by atoms with Crippen LogP contribution in [0.25, 0.3) is 11.1 Å². The van der Waals surface area contributed by atoms with Crippen LogP contribution in [0.1, 0.15) is 16.7 Å². The van der Waals surface area contributed by atoms with Crippen molar-refractivity contribution in [1.82, 2.24) is 9.97 Å². The van der Waals surface area contributed by atoms with Crippen LogP contribution >= 0.6 is 11.8 Å². The first-order chi connectivity index (χ1) is 15.6. The van der Waals surface area contributed by atoms with Crippen molar-refractivity contribution >= 4 is 17.6 Å². The van der Waals surface area contributed by atoms with Crippen molar-refractivity contribution < 1.29 is 14.6 Å². The Morgan fingerprint density at radius 3 is 2.56 bits per heavy atom. The topological polar surface area (TPSA) is 138 Å². The molecular weight excluding hydrogens is 426 g/mol. The van der Waals surface area contributed by atoms with Gasteiger partial charge in [-0.05, 0) is 29.3 Å². The molecule has 0 bridgehead atoms. The predicted molar refractivity (Wildman–Crippen MR) is 119 cm³/mol. The fraction of sp³-hybridized carbons (Fsp3) is 0.217. The second-order valence-corrected chi connectivity index (χ2v) is 8.05. The van der Waals surface area contributed by atoms with E-state index in [9.17, 15) is 15.6 Å². The third-order valence-electron chi connectivity index (χ3n) is 4.94. The lowest BCUT2D eigenvalue weighted by Crippen LogP contribution is -2.29. The van der Waals surface area contributed by atoms with E-state index in [2.05, 4.69) is 22.1 Å². The van der Waals surface area contributed by atoms with Gasteiger partial charge in [-0.1, -0.05) is 18.2 Å². The highest BCUT2D eigenvalue weighted by atomic mass is 32.2. The van der Waals surface area contributed by atoms with Crippen LogP contribution in [-0.2, 0) is 10.5 Å². The zero-order valence-corrected chi connectivity index (χ0v) is 17.7. The molecule has 32 heavy (non-hydrogen) atoms. The minimum absolute atomic E-state index is 0.0711. The lowest BCUT2D eigenvalue weighted by Gasteiger charge is -2.16. The molecule has 2 atom stereocenters. The second-order valence-electron chi connectivity index (χ2n) is 7.09. The van der Waals surface area contributed by atoms with Crippen molar-refractivity contribution in [1.29, 1.82) is 10.5 Å². The van der Waals surface area contributed by atoms with Gasteiger partial charge < -0.3 is 20.3 Å². The van der Waals surface area contributed by atoms with Gasteiger partial charge in [-0.2, -0.15) is 10.5 Å². The summed E-state index contributed by atoms with van der Waals surface area (Å²) in [6, 6.07) is 15.0. The first-order valence-electron chi connectivity index (χ1n) is 9.79. The summed E-state index contributed by atoms with van der Waals surface area (Å²) in [5.74, 6) is 1.18. The van der Waals surface area contributed by atoms with Crippen LogP contribution in [0.15, 0.2) is 53.8 Å². The van der Waals surface area contributed by atoms with Gasteiger partial charge in [-0.3, -0.25) is 4.98 Å². The summed E-state index contributed by atoms with van der Waals surface area (Å²) < 4.78 is 11.0. The lowest BCUT2D eigenvalue weighted by atomic mass is 9.97. The lowest BCUT2D eigenvalue weighted by molar-refractivity contribution is 0.0733. The number of nitrogen functional groups attached to an aromatic ring is 1. The van der Waals surface area contributed by atoms with Crippen molar-refractivity contribution in [2.75, 3.05) is 18.9 Å². The molecule has 2 aromatic heterocycles. The zero-order valence-electron chi connectivity index (χ0n) is 16.9. The van der Waals surface area contributed by atoms with Crippen molar-refractivity contribution in [3.8, 4) is 29.0 Å². The molecule has 1 aliphatic heterocycles. The molecule has 3 N–H and O–H groups in total. The van der Waals surface area contributed by atoms with E-state index in [1.807, 2.05) is 12.1 Å². The molecule has 0 spiro atoms.